The number of benzene rings is 13. The summed E-state index contributed by atoms with van der Waals surface area (Å²) in [6, 6.07) is 108. The summed E-state index contributed by atoms with van der Waals surface area (Å²) in [4.78, 5) is 19.3. The predicted octanol–water partition coefficient (Wildman–Crippen LogP) is 35.8. The van der Waals surface area contributed by atoms with Gasteiger partial charge in [-0.3, -0.25) is 19.9 Å². The van der Waals surface area contributed by atoms with Crippen molar-refractivity contribution in [3.63, 3.8) is 0 Å². The van der Waals surface area contributed by atoms with Gasteiger partial charge in [-0.1, -0.05) is 256 Å². The zero-order valence-electron chi connectivity index (χ0n) is 84.4. The van der Waals surface area contributed by atoms with Crippen LogP contribution in [0.4, 0.5) is 0 Å². The molecule has 13 heteroatoms. The number of aryl methyl sites for hydroxylation is 2. The molecule has 0 bridgehead atoms. The van der Waals surface area contributed by atoms with E-state index in [-0.39, 0.29) is 80.4 Å². The van der Waals surface area contributed by atoms with E-state index in [0.29, 0.717) is 53.3 Å². The second kappa shape index (κ2) is 48.2. The van der Waals surface area contributed by atoms with Gasteiger partial charge in [0.15, 0.2) is 0 Å². The number of fused-ring (bicyclic) bond motifs is 3. The molecule has 24 rings (SSSR count). The Morgan fingerprint density at radius 1 is 0.264 bits per heavy atom. The van der Waals surface area contributed by atoms with Gasteiger partial charge in [-0.15, -0.1) is 131 Å². The number of aromatic nitrogens is 8. The largest absolute Gasteiger partial charge is 0.500 e. The molecule has 5 heterocycles. The standard InChI is InChI=1S/C34H37N2.C33H29N2O.C33H35N2.C31H31N2.4Ir/c1-24(2)25-16-18-26(19-17-25)30-22-31(27-10-6-7-11-27)33(32(23-30)28-12-8-9-13-28)36-21-20-35-34(36)29-14-4-3-5-15-29;1-21(2)27-19-25(23-10-6-5-7-11-23)20-28(22(3)4)32(27)35-17-16-34-33(35)24-14-15-31-29(18-24)26-12-8-9-13-30(26)36-31;1-23-18-24(2)20-28(19-23)29-21-30(25-10-6-7-11-25)32(31(22-29)26-12-8-9-13-26)35-17-16-34-33(35)27-14-4-3-5-15-27;1-3-11-23(12-4-1)27-21-28(24-13-7-8-14-24)30(29(22-27)25-15-9-10-16-25)33-20-19-32-31(33)26-17-5-2-6-18-26;;;;/h3-5,14,16-24,27-28H,6-13H2,1-2H3;5-13,15-22H,1-4H3;3-5,14,16-22,25-26H,6-13H2,1-2H3;1-6,11-12,17,19-22,24-25H,7-10,13-16H2;;;;/q4*-1;;;;. The van der Waals surface area contributed by atoms with E-state index in [2.05, 4.69) is 323 Å². The molecular weight excluding hydrogens is 2470 g/mol. The van der Waals surface area contributed by atoms with E-state index < -0.39 is 0 Å². The molecule has 6 saturated carbocycles. The summed E-state index contributed by atoms with van der Waals surface area (Å²) in [6.07, 6.45) is 47.8. The second-order valence-corrected chi connectivity index (χ2v) is 41.6. The molecule has 6 aliphatic rings. The van der Waals surface area contributed by atoms with E-state index in [0.717, 1.165) is 67.5 Å². The van der Waals surface area contributed by atoms with Gasteiger partial charge in [0.05, 0.1) is 28.9 Å². The zero-order valence-corrected chi connectivity index (χ0v) is 94.0. The fraction of sp³-hybridized carbons (Fsp3) is 0.313. The number of nitrogens with zero attached hydrogens (tertiary/aromatic N) is 8. The Balaban J connectivity index is 0.000000131. The molecule has 18 aromatic rings. The van der Waals surface area contributed by atoms with E-state index in [1.165, 1.54) is 283 Å². The molecule has 0 unspecified atom stereocenters. The minimum atomic E-state index is 0. The molecule has 0 saturated heterocycles. The topological polar surface area (TPSA) is 84.4 Å². The van der Waals surface area contributed by atoms with Crippen LogP contribution >= 0.6 is 0 Å². The van der Waals surface area contributed by atoms with Gasteiger partial charge < -0.3 is 22.7 Å². The summed E-state index contributed by atoms with van der Waals surface area (Å²) in [5.41, 5.74) is 37.8. The summed E-state index contributed by atoms with van der Waals surface area (Å²) in [6.45, 7) is 18.0. The Labute approximate surface area is 908 Å². The van der Waals surface area contributed by atoms with Crippen molar-refractivity contribution in [1.82, 2.24) is 38.2 Å². The Bertz CT molecular complexity index is 7120. The first kappa shape index (κ1) is 104. The van der Waals surface area contributed by atoms with Crippen molar-refractivity contribution in [1.29, 1.82) is 0 Å². The second-order valence-electron chi connectivity index (χ2n) is 41.6. The normalized spacial score (nSPS) is 15.2. The van der Waals surface area contributed by atoms with Crippen molar-refractivity contribution in [3.05, 3.63) is 396 Å². The fourth-order valence-electron chi connectivity index (χ4n) is 24.3. The average molecular weight is 2600 g/mol. The number of para-hydroxylation sites is 1. The molecule has 5 aromatic heterocycles. The first-order chi connectivity index (χ1) is 68.7. The predicted molar refractivity (Wildman–Crippen MR) is 579 cm³/mol. The third-order valence-corrected chi connectivity index (χ3v) is 31.3. The van der Waals surface area contributed by atoms with Gasteiger partial charge in [0.1, 0.15) is 5.58 Å². The van der Waals surface area contributed by atoms with Crippen LogP contribution in [0.1, 0.15) is 310 Å². The minimum Gasteiger partial charge on any atom is -0.500 e. The first-order valence-electron chi connectivity index (χ1n) is 52.7. The van der Waals surface area contributed by atoms with Crippen LogP contribution in [-0.2, 0) is 80.4 Å². The van der Waals surface area contributed by atoms with Crippen LogP contribution in [0.5, 0.6) is 0 Å². The van der Waals surface area contributed by atoms with Crippen molar-refractivity contribution in [2.75, 3.05) is 0 Å². The monoisotopic (exact) mass is 2600 g/mol. The maximum atomic E-state index is 6.04. The zero-order chi connectivity index (χ0) is 95.1. The summed E-state index contributed by atoms with van der Waals surface area (Å²) in [5, 5.41) is 2.19. The van der Waals surface area contributed by atoms with E-state index in [9.17, 15) is 0 Å². The van der Waals surface area contributed by atoms with Crippen LogP contribution < -0.4 is 0 Å². The molecule has 6 aliphatic carbocycles. The van der Waals surface area contributed by atoms with E-state index in [4.69, 9.17) is 24.4 Å². The Hall–Kier alpha value is -10.9. The van der Waals surface area contributed by atoms with Crippen LogP contribution in [0.3, 0.4) is 0 Å². The Morgan fingerprint density at radius 2 is 0.562 bits per heavy atom. The van der Waals surface area contributed by atoms with Crippen molar-refractivity contribution in [2.45, 2.75) is 263 Å². The van der Waals surface area contributed by atoms with Gasteiger partial charge >= 0.3 is 0 Å². The van der Waals surface area contributed by atoms with Gasteiger partial charge in [-0.2, -0.15) is 0 Å². The molecular formula is C131H132Ir4N8O-4. The summed E-state index contributed by atoms with van der Waals surface area (Å²) in [5.74, 6) is 8.86. The van der Waals surface area contributed by atoms with Gasteiger partial charge in [0.2, 0.25) is 0 Å². The molecule has 6 fully saturated rings. The Morgan fingerprint density at radius 3 is 0.896 bits per heavy atom. The van der Waals surface area contributed by atoms with E-state index in [1.807, 2.05) is 85.5 Å². The van der Waals surface area contributed by atoms with Crippen LogP contribution in [0.25, 0.3) is 135 Å². The molecule has 742 valence electrons. The summed E-state index contributed by atoms with van der Waals surface area (Å²) in [7, 11) is 0. The van der Waals surface area contributed by atoms with E-state index in [1.54, 1.807) is 0 Å². The van der Waals surface area contributed by atoms with Gasteiger partial charge in [-0.05, 0) is 293 Å². The molecule has 0 aliphatic heterocycles. The van der Waals surface area contributed by atoms with Crippen LogP contribution in [0.2, 0.25) is 0 Å². The maximum absolute atomic E-state index is 6.04. The van der Waals surface area contributed by atoms with Crippen molar-refractivity contribution < 1.29 is 84.8 Å². The summed E-state index contributed by atoms with van der Waals surface area (Å²) >= 11 is 0. The smallest absolute Gasteiger partial charge is 0.120 e. The van der Waals surface area contributed by atoms with Crippen LogP contribution in [0, 0.1) is 38.1 Å². The molecule has 4 radical (unpaired) electrons. The molecule has 0 atom stereocenters. The molecule has 0 spiro atoms. The minimum absolute atomic E-state index is 0. The number of imidazole rings is 4. The van der Waals surface area contributed by atoms with Crippen LogP contribution in [0.15, 0.2) is 315 Å². The Kier molecular flexibility index (Phi) is 34.9. The van der Waals surface area contributed by atoms with Crippen molar-refractivity contribution in [3.8, 4) is 113 Å². The maximum Gasteiger partial charge on any atom is 0.120 e. The molecule has 144 heavy (non-hydrogen) atoms. The third kappa shape index (κ3) is 22.6. The van der Waals surface area contributed by atoms with Crippen LogP contribution in [-0.4, -0.2) is 38.2 Å². The molecule has 0 N–H and O–H groups in total. The number of rotatable bonds is 21. The number of furan rings is 1. The fourth-order valence-corrected chi connectivity index (χ4v) is 24.3. The van der Waals surface area contributed by atoms with Crippen molar-refractivity contribution in [2.24, 2.45) is 0 Å². The van der Waals surface area contributed by atoms with E-state index >= 15 is 0 Å². The average Bonchev–Trinajstić information content (AvgIpc) is 1.67. The molecule has 0 amide bonds. The number of hydrogen-bond donors (Lipinski definition) is 0. The summed E-state index contributed by atoms with van der Waals surface area (Å²) < 4.78 is 15.4. The third-order valence-electron chi connectivity index (χ3n) is 31.3. The van der Waals surface area contributed by atoms with Gasteiger partial charge in [0, 0.05) is 158 Å². The van der Waals surface area contributed by atoms with Gasteiger partial charge in [-0.25, -0.2) is 0 Å². The SMILES string of the molecule is CC(C)c1cc(-c2ccccc2)cc(C(C)C)c1-n1ccnc1-c1[c-]cc2oc3ccccc3c2c1.CC(C)c1ccc(-c2cc(C3CCCC3)c(-n3ccnc3-c3[c-]cccc3)c(C3CCCC3)c2)cc1.Cc1cc(C)cc(-c2cc(C3CCCC3)c(-n3ccnc3-c3[c-]cccc3)c(C3CCCC3)c2)c1.[Ir].[Ir].[Ir].[Ir].[c-]1ccccc1-c1nccn1-c1c(C2CCCC2)cc(-c2ccccc2)cc1C1CCCC1. The van der Waals surface area contributed by atoms with Gasteiger partial charge in [0.25, 0.3) is 0 Å². The van der Waals surface area contributed by atoms with Crippen molar-refractivity contribution >= 4 is 21.9 Å². The number of hydrogen-bond acceptors (Lipinski definition) is 5. The first-order valence-corrected chi connectivity index (χ1v) is 52.7. The molecule has 9 nitrogen and oxygen atoms in total. The molecule has 13 aromatic carbocycles. The quantitative estimate of drug-likeness (QED) is 0.0669.